The number of fused-ring (bicyclic) bond motifs is 1. The molecule has 1 aliphatic carbocycles. The fourth-order valence-electron chi connectivity index (χ4n) is 3.70. The van der Waals surface area contributed by atoms with Crippen molar-refractivity contribution in [2.75, 3.05) is 53.6 Å². The van der Waals surface area contributed by atoms with E-state index in [2.05, 4.69) is 5.32 Å². The molecule has 20 heavy (non-hydrogen) atoms. The van der Waals surface area contributed by atoms with Crippen molar-refractivity contribution in [1.82, 2.24) is 10.2 Å². The number of carbonyl (C=O) groups is 1. The normalized spacial score (nSPS) is 29.2. The monoisotopic (exact) mass is 284 g/mol. The summed E-state index contributed by atoms with van der Waals surface area (Å²) in [6.07, 6.45) is 4.64. The Balaban J connectivity index is 2.07. The van der Waals surface area contributed by atoms with E-state index in [1.165, 1.54) is 19.3 Å². The second kappa shape index (κ2) is 7.38. The molecule has 0 spiro atoms. The van der Waals surface area contributed by atoms with Crippen molar-refractivity contribution in [3.63, 3.8) is 0 Å². The van der Waals surface area contributed by atoms with Crippen LogP contribution in [0.5, 0.6) is 0 Å². The third kappa shape index (κ3) is 3.15. The van der Waals surface area contributed by atoms with Crippen molar-refractivity contribution in [3.05, 3.63) is 0 Å². The van der Waals surface area contributed by atoms with Crippen molar-refractivity contribution in [1.29, 1.82) is 0 Å². The molecule has 2 rings (SSSR count). The standard InChI is InChI=1S/C15H28N2O3/c1-19-9-7-17(8-10-20-2)14(18)15-6-4-3-5-13(15)11-16-12-15/h13,16H,3-12H2,1-2H3/t13-,15+/m0/s1. The number of amides is 1. The van der Waals surface area contributed by atoms with Crippen molar-refractivity contribution in [3.8, 4) is 0 Å². The van der Waals surface area contributed by atoms with E-state index in [0.717, 1.165) is 19.5 Å². The van der Waals surface area contributed by atoms with Crippen LogP contribution in [-0.2, 0) is 14.3 Å². The first-order valence-corrected chi connectivity index (χ1v) is 7.72. The zero-order chi connectivity index (χ0) is 14.4. The van der Waals surface area contributed by atoms with Crippen LogP contribution >= 0.6 is 0 Å². The second-order valence-corrected chi connectivity index (χ2v) is 6.01. The van der Waals surface area contributed by atoms with Gasteiger partial charge in [0.2, 0.25) is 5.91 Å². The van der Waals surface area contributed by atoms with Gasteiger partial charge >= 0.3 is 0 Å². The van der Waals surface area contributed by atoms with Crippen LogP contribution < -0.4 is 5.32 Å². The number of carbonyl (C=O) groups excluding carboxylic acids is 1. The highest BCUT2D eigenvalue weighted by molar-refractivity contribution is 5.84. The van der Waals surface area contributed by atoms with Gasteiger partial charge in [0.1, 0.15) is 0 Å². The summed E-state index contributed by atoms with van der Waals surface area (Å²) in [6.45, 7) is 4.33. The van der Waals surface area contributed by atoms with E-state index in [9.17, 15) is 4.79 Å². The molecule has 1 N–H and O–H groups in total. The van der Waals surface area contributed by atoms with Gasteiger partial charge in [0.25, 0.3) is 0 Å². The summed E-state index contributed by atoms with van der Waals surface area (Å²) in [5.74, 6) is 0.817. The number of nitrogens with zero attached hydrogens (tertiary/aromatic N) is 1. The largest absolute Gasteiger partial charge is 0.383 e. The van der Waals surface area contributed by atoms with Crippen molar-refractivity contribution >= 4 is 5.91 Å². The van der Waals surface area contributed by atoms with Crippen LogP contribution in [0.4, 0.5) is 0 Å². The third-order valence-corrected chi connectivity index (χ3v) is 4.88. The van der Waals surface area contributed by atoms with Crippen molar-refractivity contribution in [2.24, 2.45) is 11.3 Å². The fraction of sp³-hybridized carbons (Fsp3) is 0.933. The minimum Gasteiger partial charge on any atom is -0.383 e. The van der Waals surface area contributed by atoms with E-state index >= 15 is 0 Å². The summed E-state index contributed by atoms with van der Waals surface area (Å²) in [5.41, 5.74) is -0.167. The van der Waals surface area contributed by atoms with Crippen LogP contribution in [0.15, 0.2) is 0 Å². The Morgan fingerprint density at radius 2 is 1.95 bits per heavy atom. The van der Waals surface area contributed by atoms with E-state index in [1.807, 2.05) is 4.90 Å². The van der Waals surface area contributed by atoms with Crippen LogP contribution in [0.25, 0.3) is 0 Å². The molecule has 2 aliphatic rings. The first kappa shape index (κ1) is 15.7. The van der Waals surface area contributed by atoms with Gasteiger partial charge in [-0.3, -0.25) is 4.79 Å². The maximum Gasteiger partial charge on any atom is 0.230 e. The molecule has 2 atom stereocenters. The van der Waals surface area contributed by atoms with Crippen LogP contribution in [0.2, 0.25) is 0 Å². The van der Waals surface area contributed by atoms with Crippen LogP contribution in [-0.4, -0.2) is 64.4 Å². The average molecular weight is 284 g/mol. The van der Waals surface area contributed by atoms with Gasteiger partial charge in [0.05, 0.1) is 18.6 Å². The van der Waals surface area contributed by atoms with E-state index in [0.29, 0.717) is 38.1 Å². The quantitative estimate of drug-likeness (QED) is 0.754. The van der Waals surface area contributed by atoms with Gasteiger partial charge in [-0.25, -0.2) is 0 Å². The number of hydrogen-bond acceptors (Lipinski definition) is 4. The van der Waals surface area contributed by atoms with E-state index in [1.54, 1.807) is 14.2 Å². The maximum atomic E-state index is 13.1. The summed E-state index contributed by atoms with van der Waals surface area (Å²) in [4.78, 5) is 15.0. The van der Waals surface area contributed by atoms with Crippen molar-refractivity contribution < 1.29 is 14.3 Å². The highest BCUT2D eigenvalue weighted by Gasteiger charge is 2.51. The molecule has 1 saturated heterocycles. The van der Waals surface area contributed by atoms with Gasteiger partial charge in [-0.05, 0) is 25.3 Å². The van der Waals surface area contributed by atoms with Crippen LogP contribution in [0.1, 0.15) is 25.7 Å². The van der Waals surface area contributed by atoms with Crippen LogP contribution in [0.3, 0.4) is 0 Å². The minimum atomic E-state index is -0.167. The Morgan fingerprint density at radius 1 is 1.25 bits per heavy atom. The summed E-state index contributed by atoms with van der Waals surface area (Å²) >= 11 is 0. The molecule has 1 amide bonds. The fourth-order valence-corrected chi connectivity index (χ4v) is 3.70. The Hall–Kier alpha value is -0.650. The predicted octanol–water partition coefficient (Wildman–Crippen LogP) is 0.888. The van der Waals surface area contributed by atoms with Gasteiger partial charge in [0.15, 0.2) is 0 Å². The Bertz CT molecular complexity index is 316. The number of hydrogen-bond donors (Lipinski definition) is 1. The lowest BCUT2D eigenvalue weighted by Crippen LogP contribution is -2.51. The van der Waals surface area contributed by atoms with Crippen LogP contribution in [0, 0.1) is 11.3 Å². The SMILES string of the molecule is COCCN(CCOC)C(=O)[C@@]12CCCC[C@H]1CNC2. The lowest BCUT2D eigenvalue weighted by Gasteiger charge is -2.40. The zero-order valence-electron chi connectivity index (χ0n) is 12.8. The van der Waals surface area contributed by atoms with E-state index < -0.39 is 0 Å². The molecule has 1 saturated carbocycles. The highest BCUT2D eigenvalue weighted by atomic mass is 16.5. The van der Waals surface area contributed by atoms with Gasteiger partial charge in [-0.2, -0.15) is 0 Å². The molecule has 116 valence electrons. The maximum absolute atomic E-state index is 13.1. The lowest BCUT2D eigenvalue weighted by molar-refractivity contribution is -0.146. The summed E-state index contributed by atoms with van der Waals surface area (Å²) in [7, 11) is 3.36. The zero-order valence-corrected chi connectivity index (χ0v) is 12.8. The third-order valence-electron chi connectivity index (χ3n) is 4.88. The molecule has 0 unspecified atom stereocenters. The summed E-state index contributed by atoms with van der Waals surface area (Å²) in [6, 6.07) is 0. The minimum absolute atomic E-state index is 0.167. The molecule has 0 aromatic heterocycles. The number of methoxy groups -OCH3 is 2. The summed E-state index contributed by atoms with van der Waals surface area (Å²) in [5, 5.41) is 3.44. The average Bonchev–Trinajstić information content (AvgIpc) is 2.92. The molecular weight excluding hydrogens is 256 g/mol. The van der Waals surface area contributed by atoms with Gasteiger partial charge in [-0.1, -0.05) is 12.8 Å². The molecule has 0 aromatic rings. The van der Waals surface area contributed by atoms with Gasteiger partial charge in [0, 0.05) is 33.9 Å². The molecule has 0 aromatic carbocycles. The van der Waals surface area contributed by atoms with Gasteiger partial charge < -0.3 is 19.7 Å². The Morgan fingerprint density at radius 3 is 2.60 bits per heavy atom. The lowest BCUT2D eigenvalue weighted by atomic mass is 9.67. The molecule has 5 heteroatoms. The Labute approximate surface area is 122 Å². The first-order valence-electron chi connectivity index (χ1n) is 7.72. The highest BCUT2D eigenvalue weighted by Crippen LogP contribution is 2.45. The smallest absolute Gasteiger partial charge is 0.230 e. The second-order valence-electron chi connectivity index (χ2n) is 6.01. The first-order chi connectivity index (χ1) is 9.74. The molecule has 0 radical (unpaired) electrons. The Kier molecular flexibility index (Phi) is 5.81. The number of nitrogens with one attached hydrogen (secondary N) is 1. The molecular formula is C15H28N2O3. The summed E-state index contributed by atoms with van der Waals surface area (Å²) < 4.78 is 10.3. The molecule has 5 nitrogen and oxygen atoms in total. The number of ether oxygens (including phenoxy) is 2. The molecule has 1 heterocycles. The van der Waals surface area contributed by atoms with E-state index in [-0.39, 0.29) is 5.41 Å². The van der Waals surface area contributed by atoms with Gasteiger partial charge in [-0.15, -0.1) is 0 Å². The van der Waals surface area contributed by atoms with E-state index in [4.69, 9.17) is 9.47 Å². The van der Waals surface area contributed by atoms with Crippen molar-refractivity contribution in [2.45, 2.75) is 25.7 Å². The molecule has 1 aliphatic heterocycles. The number of rotatable bonds is 7. The molecule has 2 fully saturated rings. The molecule has 0 bridgehead atoms. The topological polar surface area (TPSA) is 50.8 Å². The predicted molar refractivity (Wildman–Crippen MR) is 77.6 cm³/mol.